The topological polar surface area (TPSA) is 45.3 Å². The average molecular weight is 450 g/mol. The Morgan fingerprint density at radius 1 is 1.00 bits per heavy atom. The third-order valence-electron chi connectivity index (χ3n) is 5.89. The maximum absolute atomic E-state index is 12.9. The number of piperazine rings is 1. The van der Waals surface area contributed by atoms with Gasteiger partial charge in [0.2, 0.25) is 5.91 Å². The molecule has 6 nitrogen and oxygen atoms in total. The second-order valence-electron chi connectivity index (χ2n) is 7.80. The molecule has 30 heavy (non-hydrogen) atoms. The van der Waals surface area contributed by atoms with Crippen LogP contribution in [0, 0.1) is 0 Å². The number of rotatable bonds is 6. The van der Waals surface area contributed by atoms with E-state index in [1.807, 2.05) is 17.0 Å². The fourth-order valence-corrected chi connectivity index (χ4v) is 5.31. The highest BCUT2D eigenvalue weighted by Gasteiger charge is 2.25. The summed E-state index contributed by atoms with van der Waals surface area (Å²) >= 11 is 7.66. The fourth-order valence-electron chi connectivity index (χ4n) is 4.18. The van der Waals surface area contributed by atoms with Crippen molar-refractivity contribution in [2.24, 2.45) is 0 Å². The number of methoxy groups -OCH3 is 2. The fraction of sp³-hybridized carbons (Fsp3) is 0.500. The molecule has 0 saturated carbocycles. The van der Waals surface area contributed by atoms with Crippen LogP contribution in [0.2, 0.25) is 4.34 Å². The van der Waals surface area contributed by atoms with Crippen LogP contribution in [-0.2, 0) is 24.3 Å². The molecule has 2 aliphatic heterocycles. The minimum Gasteiger partial charge on any atom is -0.493 e. The summed E-state index contributed by atoms with van der Waals surface area (Å²) in [5, 5.41) is 0. The average Bonchev–Trinajstić information content (AvgIpc) is 3.17. The Labute approximate surface area is 186 Å². The first-order valence-corrected chi connectivity index (χ1v) is 11.5. The monoisotopic (exact) mass is 449 g/mol. The smallest absolute Gasteiger partial charge is 0.236 e. The number of carbonyl (C=O) groups excluding carboxylic acids is 1. The third kappa shape index (κ3) is 4.91. The van der Waals surface area contributed by atoms with Gasteiger partial charge in [0.25, 0.3) is 0 Å². The highest BCUT2D eigenvalue weighted by molar-refractivity contribution is 7.16. The minimum atomic E-state index is 0.220. The summed E-state index contributed by atoms with van der Waals surface area (Å²) in [6.45, 7) is 6.40. The summed E-state index contributed by atoms with van der Waals surface area (Å²) < 4.78 is 11.7. The number of halogens is 1. The second-order valence-corrected chi connectivity index (χ2v) is 9.60. The van der Waals surface area contributed by atoms with Crippen molar-refractivity contribution < 1.29 is 14.3 Å². The number of fused-ring (bicyclic) bond motifs is 1. The summed E-state index contributed by atoms with van der Waals surface area (Å²) in [5.74, 6) is 1.73. The molecule has 2 aliphatic rings. The van der Waals surface area contributed by atoms with E-state index in [1.165, 1.54) is 16.0 Å². The molecule has 4 rings (SSSR count). The van der Waals surface area contributed by atoms with Gasteiger partial charge in [-0.1, -0.05) is 11.6 Å². The van der Waals surface area contributed by atoms with Crippen molar-refractivity contribution in [2.45, 2.75) is 19.5 Å². The van der Waals surface area contributed by atoms with E-state index in [1.54, 1.807) is 25.6 Å². The molecular formula is C22H28ClN3O3S. The lowest BCUT2D eigenvalue weighted by Crippen LogP contribution is -2.51. The van der Waals surface area contributed by atoms with Gasteiger partial charge in [-0.2, -0.15) is 0 Å². The Bertz CT molecular complexity index is 896. The quantitative estimate of drug-likeness (QED) is 0.678. The van der Waals surface area contributed by atoms with Crippen LogP contribution in [0.15, 0.2) is 24.3 Å². The van der Waals surface area contributed by atoms with E-state index in [0.717, 1.165) is 68.1 Å². The van der Waals surface area contributed by atoms with Crippen LogP contribution in [-0.4, -0.2) is 74.1 Å². The number of nitrogens with zero attached hydrogens (tertiary/aromatic N) is 3. The van der Waals surface area contributed by atoms with E-state index >= 15 is 0 Å². The second kappa shape index (κ2) is 9.56. The Morgan fingerprint density at radius 2 is 1.70 bits per heavy atom. The van der Waals surface area contributed by atoms with Crippen molar-refractivity contribution in [3.8, 4) is 11.5 Å². The van der Waals surface area contributed by atoms with E-state index in [2.05, 4.69) is 21.9 Å². The van der Waals surface area contributed by atoms with Crippen LogP contribution in [0.3, 0.4) is 0 Å². The Kier molecular flexibility index (Phi) is 6.83. The van der Waals surface area contributed by atoms with Gasteiger partial charge in [0.15, 0.2) is 11.5 Å². The summed E-state index contributed by atoms with van der Waals surface area (Å²) in [6, 6.07) is 8.14. The number of amides is 1. The molecule has 0 radical (unpaired) electrons. The zero-order chi connectivity index (χ0) is 21.1. The molecule has 0 unspecified atom stereocenters. The van der Waals surface area contributed by atoms with Gasteiger partial charge in [-0.15, -0.1) is 11.3 Å². The molecule has 162 valence electrons. The number of benzene rings is 1. The van der Waals surface area contributed by atoms with Crippen molar-refractivity contribution in [1.82, 2.24) is 14.7 Å². The summed E-state index contributed by atoms with van der Waals surface area (Å²) in [6.07, 6.45) is 0.917. The van der Waals surface area contributed by atoms with Gasteiger partial charge in [-0.25, -0.2) is 0 Å². The van der Waals surface area contributed by atoms with E-state index < -0.39 is 0 Å². The first-order chi connectivity index (χ1) is 14.6. The zero-order valence-corrected chi connectivity index (χ0v) is 19.1. The van der Waals surface area contributed by atoms with Crippen LogP contribution in [0.25, 0.3) is 0 Å². The Hall–Kier alpha value is -1.80. The molecule has 2 aromatic rings. The van der Waals surface area contributed by atoms with Gasteiger partial charge in [0, 0.05) is 50.7 Å². The summed E-state index contributed by atoms with van der Waals surface area (Å²) in [7, 11) is 3.31. The van der Waals surface area contributed by atoms with Crippen LogP contribution < -0.4 is 9.47 Å². The molecule has 0 atom stereocenters. The van der Waals surface area contributed by atoms with E-state index in [4.69, 9.17) is 21.1 Å². The maximum atomic E-state index is 12.9. The van der Waals surface area contributed by atoms with Crippen LogP contribution >= 0.6 is 22.9 Å². The van der Waals surface area contributed by atoms with Crippen molar-refractivity contribution in [1.29, 1.82) is 0 Å². The normalized spacial score (nSPS) is 17.6. The van der Waals surface area contributed by atoms with Crippen LogP contribution in [0.1, 0.15) is 16.0 Å². The number of hydrogen-bond acceptors (Lipinski definition) is 6. The van der Waals surface area contributed by atoms with Crippen LogP contribution in [0.4, 0.5) is 0 Å². The number of hydrogen-bond donors (Lipinski definition) is 0. The standard InChI is InChI=1S/C22H28ClN3O3S/c1-28-19-11-16-5-6-25(13-17(16)12-20(19)29-2)15-22(27)26-9-7-24(8-10-26)14-18-3-4-21(23)30-18/h3-4,11-12H,5-10,13-15H2,1-2H3. The molecule has 1 fully saturated rings. The van der Waals surface area contributed by atoms with Gasteiger partial charge in [-0.05, 0) is 41.8 Å². The predicted molar refractivity (Wildman–Crippen MR) is 120 cm³/mol. The molecule has 3 heterocycles. The molecule has 1 amide bonds. The molecular weight excluding hydrogens is 422 g/mol. The van der Waals surface area contributed by atoms with E-state index in [9.17, 15) is 4.79 Å². The number of thiophene rings is 1. The zero-order valence-electron chi connectivity index (χ0n) is 17.5. The first-order valence-electron chi connectivity index (χ1n) is 10.3. The highest BCUT2D eigenvalue weighted by Crippen LogP contribution is 2.33. The summed E-state index contributed by atoms with van der Waals surface area (Å²) in [4.78, 5) is 20.8. The minimum absolute atomic E-state index is 0.220. The van der Waals surface area contributed by atoms with Crippen molar-refractivity contribution >= 4 is 28.8 Å². The SMILES string of the molecule is COc1cc2c(cc1OC)CN(CC(=O)N1CCN(Cc3ccc(Cl)s3)CC1)CC2. The lowest BCUT2D eigenvalue weighted by Gasteiger charge is -2.36. The molecule has 0 aliphatic carbocycles. The van der Waals surface area contributed by atoms with Crippen molar-refractivity contribution in [3.63, 3.8) is 0 Å². The molecule has 1 saturated heterocycles. The van der Waals surface area contributed by atoms with Gasteiger partial charge in [-0.3, -0.25) is 14.6 Å². The lowest BCUT2D eigenvalue weighted by atomic mass is 9.98. The van der Waals surface area contributed by atoms with Gasteiger partial charge < -0.3 is 14.4 Å². The largest absolute Gasteiger partial charge is 0.493 e. The predicted octanol–water partition coefficient (Wildman–Crippen LogP) is 3.12. The van der Waals surface area contributed by atoms with Crippen molar-refractivity contribution in [3.05, 3.63) is 44.6 Å². The van der Waals surface area contributed by atoms with E-state index in [0.29, 0.717) is 6.54 Å². The Balaban J connectivity index is 1.29. The molecule has 1 aromatic carbocycles. The molecule has 0 spiro atoms. The summed E-state index contributed by atoms with van der Waals surface area (Å²) in [5.41, 5.74) is 2.49. The number of carbonyl (C=O) groups is 1. The van der Waals surface area contributed by atoms with Gasteiger partial charge >= 0.3 is 0 Å². The maximum Gasteiger partial charge on any atom is 0.236 e. The van der Waals surface area contributed by atoms with Gasteiger partial charge in [0.05, 0.1) is 25.1 Å². The van der Waals surface area contributed by atoms with Gasteiger partial charge in [0.1, 0.15) is 0 Å². The highest BCUT2D eigenvalue weighted by atomic mass is 35.5. The lowest BCUT2D eigenvalue weighted by molar-refractivity contribution is -0.134. The Morgan fingerprint density at radius 3 is 2.33 bits per heavy atom. The van der Waals surface area contributed by atoms with E-state index in [-0.39, 0.29) is 5.91 Å². The number of ether oxygens (including phenoxy) is 2. The molecule has 0 bridgehead atoms. The van der Waals surface area contributed by atoms with Crippen LogP contribution in [0.5, 0.6) is 11.5 Å². The molecule has 1 aromatic heterocycles. The molecule has 0 N–H and O–H groups in total. The molecule has 8 heteroatoms. The first kappa shape index (κ1) is 21.4. The van der Waals surface area contributed by atoms with Crippen molar-refractivity contribution in [2.75, 3.05) is 53.5 Å². The third-order valence-corrected chi connectivity index (χ3v) is 7.11.